The summed E-state index contributed by atoms with van der Waals surface area (Å²) < 4.78 is 0. The van der Waals surface area contributed by atoms with Gasteiger partial charge in [-0.15, -0.1) is 0 Å². The molecule has 5 heteroatoms. The summed E-state index contributed by atoms with van der Waals surface area (Å²) in [6, 6.07) is 9.86. The van der Waals surface area contributed by atoms with Crippen LogP contribution in [0.25, 0.3) is 0 Å². The molecule has 0 aliphatic carbocycles. The number of hydrogen-bond acceptors (Lipinski definition) is 4. The average molecular weight is 291 g/mol. The van der Waals surface area contributed by atoms with Crippen molar-refractivity contribution in [3.05, 3.63) is 46.7 Å². The molecule has 20 heavy (non-hydrogen) atoms. The van der Waals surface area contributed by atoms with E-state index in [1.165, 1.54) is 0 Å². The number of hydrogen-bond donors (Lipinski definition) is 2. The van der Waals surface area contributed by atoms with Gasteiger partial charge < -0.3 is 10.6 Å². The molecule has 2 aromatic rings. The number of nitrogens with zero attached hydrogens (tertiary/aromatic N) is 2. The van der Waals surface area contributed by atoms with Gasteiger partial charge in [-0.25, -0.2) is 9.97 Å². The topological polar surface area (TPSA) is 49.8 Å². The zero-order valence-electron chi connectivity index (χ0n) is 11.9. The van der Waals surface area contributed by atoms with Crippen LogP contribution in [0.1, 0.15) is 31.3 Å². The molecule has 0 spiro atoms. The van der Waals surface area contributed by atoms with E-state index in [0.29, 0.717) is 0 Å². The SMILES string of the molecule is CCNc1cc(NC(C)c2cccc(Cl)c2)nc(C)n1. The molecule has 1 atom stereocenters. The number of aryl methyl sites for hydroxylation is 1. The highest BCUT2D eigenvalue weighted by molar-refractivity contribution is 6.30. The number of nitrogens with one attached hydrogen (secondary N) is 2. The third-order valence-electron chi connectivity index (χ3n) is 2.91. The van der Waals surface area contributed by atoms with E-state index in [0.717, 1.165) is 34.6 Å². The predicted octanol–water partition coefficient (Wildman–Crippen LogP) is 4.04. The van der Waals surface area contributed by atoms with Gasteiger partial charge in [0.05, 0.1) is 0 Å². The molecule has 0 fully saturated rings. The second kappa shape index (κ2) is 6.57. The quantitative estimate of drug-likeness (QED) is 0.872. The molecule has 1 aromatic heterocycles. The lowest BCUT2D eigenvalue weighted by molar-refractivity contribution is 0.867. The normalized spacial score (nSPS) is 12.0. The van der Waals surface area contributed by atoms with Crippen LogP contribution in [-0.2, 0) is 0 Å². The first kappa shape index (κ1) is 14.6. The van der Waals surface area contributed by atoms with E-state index >= 15 is 0 Å². The maximum atomic E-state index is 6.02. The van der Waals surface area contributed by atoms with E-state index in [1.54, 1.807) is 0 Å². The standard InChI is InChI=1S/C15H19ClN4/c1-4-17-14-9-15(20-11(3)19-14)18-10(2)12-6-5-7-13(16)8-12/h5-10H,4H2,1-3H3,(H2,17,18,19,20). The highest BCUT2D eigenvalue weighted by Crippen LogP contribution is 2.22. The van der Waals surface area contributed by atoms with Gasteiger partial charge in [-0.3, -0.25) is 0 Å². The van der Waals surface area contributed by atoms with Crippen LogP contribution in [0.15, 0.2) is 30.3 Å². The second-order valence-corrected chi connectivity index (χ2v) is 5.07. The van der Waals surface area contributed by atoms with Gasteiger partial charge in [-0.2, -0.15) is 0 Å². The molecular weight excluding hydrogens is 272 g/mol. The van der Waals surface area contributed by atoms with Crippen molar-refractivity contribution in [2.45, 2.75) is 26.8 Å². The van der Waals surface area contributed by atoms with Crippen molar-refractivity contribution < 1.29 is 0 Å². The van der Waals surface area contributed by atoms with Crippen LogP contribution >= 0.6 is 11.6 Å². The predicted molar refractivity (Wildman–Crippen MR) is 84.4 cm³/mol. The second-order valence-electron chi connectivity index (χ2n) is 4.64. The molecule has 0 aliphatic rings. The lowest BCUT2D eigenvalue weighted by Gasteiger charge is -2.16. The summed E-state index contributed by atoms with van der Waals surface area (Å²) in [5, 5.41) is 7.31. The van der Waals surface area contributed by atoms with Crippen LogP contribution in [0.5, 0.6) is 0 Å². The number of anilines is 2. The molecule has 1 heterocycles. The molecule has 0 bridgehead atoms. The minimum atomic E-state index is 0.123. The van der Waals surface area contributed by atoms with E-state index in [-0.39, 0.29) is 6.04 Å². The highest BCUT2D eigenvalue weighted by atomic mass is 35.5. The fourth-order valence-electron chi connectivity index (χ4n) is 1.99. The smallest absolute Gasteiger partial charge is 0.132 e. The summed E-state index contributed by atoms with van der Waals surface area (Å²) >= 11 is 6.02. The van der Waals surface area contributed by atoms with Crippen LogP contribution in [0.3, 0.4) is 0 Å². The fraction of sp³-hybridized carbons (Fsp3) is 0.333. The Hall–Kier alpha value is -1.81. The number of rotatable bonds is 5. The summed E-state index contributed by atoms with van der Waals surface area (Å²) in [5.74, 6) is 2.38. The molecular formula is C15H19ClN4. The van der Waals surface area contributed by atoms with Gasteiger partial charge in [0, 0.05) is 23.7 Å². The Labute approximate surface area is 124 Å². The third kappa shape index (κ3) is 3.84. The van der Waals surface area contributed by atoms with Gasteiger partial charge in [-0.1, -0.05) is 23.7 Å². The largest absolute Gasteiger partial charge is 0.370 e. The molecule has 0 saturated carbocycles. The summed E-state index contributed by atoms with van der Waals surface area (Å²) in [6.45, 7) is 6.84. The Bertz CT molecular complexity index is 586. The molecule has 0 aliphatic heterocycles. The number of halogens is 1. The molecule has 2 N–H and O–H groups in total. The van der Waals surface area contributed by atoms with E-state index in [1.807, 2.05) is 44.2 Å². The maximum Gasteiger partial charge on any atom is 0.132 e. The average Bonchev–Trinajstić information content (AvgIpc) is 2.38. The number of aromatic nitrogens is 2. The van der Waals surface area contributed by atoms with Crippen LogP contribution in [0.4, 0.5) is 11.6 Å². The van der Waals surface area contributed by atoms with Crippen molar-refractivity contribution in [3.63, 3.8) is 0 Å². The fourth-order valence-corrected chi connectivity index (χ4v) is 2.19. The molecule has 0 amide bonds. The van der Waals surface area contributed by atoms with Crippen molar-refractivity contribution in [1.29, 1.82) is 0 Å². The third-order valence-corrected chi connectivity index (χ3v) is 3.14. The Kier molecular flexibility index (Phi) is 4.79. The highest BCUT2D eigenvalue weighted by Gasteiger charge is 2.08. The van der Waals surface area contributed by atoms with Gasteiger partial charge in [0.1, 0.15) is 17.5 Å². The minimum Gasteiger partial charge on any atom is -0.370 e. The Morgan fingerprint density at radius 3 is 2.65 bits per heavy atom. The molecule has 1 unspecified atom stereocenters. The van der Waals surface area contributed by atoms with Crippen LogP contribution in [0, 0.1) is 6.92 Å². The van der Waals surface area contributed by atoms with E-state index in [2.05, 4.69) is 27.5 Å². The van der Waals surface area contributed by atoms with Crippen LogP contribution < -0.4 is 10.6 Å². The van der Waals surface area contributed by atoms with E-state index in [4.69, 9.17) is 11.6 Å². The van der Waals surface area contributed by atoms with Gasteiger partial charge in [-0.05, 0) is 38.5 Å². The lowest BCUT2D eigenvalue weighted by atomic mass is 10.1. The van der Waals surface area contributed by atoms with Gasteiger partial charge >= 0.3 is 0 Å². The Morgan fingerprint density at radius 1 is 1.20 bits per heavy atom. The van der Waals surface area contributed by atoms with Gasteiger partial charge in [0.25, 0.3) is 0 Å². The van der Waals surface area contributed by atoms with Gasteiger partial charge in [0.15, 0.2) is 0 Å². The Morgan fingerprint density at radius 2 is 1.95 bits per heavy atom. The maximum absolute atomic E-state index is 6.02. The molecule has 2 rings (SSSR count). The molecule has 1 aromatic carbocycles. The first-order valence-corrected chi connectivity index (χ1v) is 7.08. The molecule has 0 radical (unpaired) electrons. The summed E-state index contributed by atoms with van der Waals surface area (Å²) in [7, 11) is 0. The van der Waals surface area contributed by atoms with Gasteiger partial charge in [0.2, 0.25) is 0 Å². The van der Waals surface area contributed by atoms with Crippen LogP contribution in [0.2, 0.25) is 5.02 Å². The first-order valence-electron chi connectivity index (χ1n) is 6.70. The summed E-state index contributed by atoms with van der Waals surface area (Å²) in [6.07, 6.45) is 0. The monoisotopic (exact) mass is 290 g/mol. The summed E-state index contributed by atoms with van der Waals surface area (Å²) in [4.78, 5) is 8.74. The van der Waals surface area contributed by atoms with Crippen molar-refractivity contribution >= 4 is 23.2 Å². The van der Waals surface area contributed by atoms with E-state index in [9.17, 15) is 0 Å². The molecule has 4 nitrogen and oxygen atoms in total. The van der Waals surface area contributed by atoms with E-state index < -0.39 is 0 Å². The zero-order chi connectivity index (χ0) is 14.5. The zero-order valence-corrected chi connectivity index (χ0v) is 12.7. The van der Waals surface area contributed by atoms with Crippen molar-refractivity contribution in [2.75, 3.05) is 17.2 Å². The van der Waals surface area contributed by atoms with Crippen molar-refractivity contribution in [3.8, 4) is 0 Å². The molecule has 0 saturated heterocycles. The summed E-state index contributed by atoms with van der Waals surface area (Å²) in [5.41, 5.74) is 1.12. The first-order chi connectivity index (χ1) is 9.58. The van der Waals surface area contributed by atoms with Crippen molar-refractivity contribution in [2.24, 2.45) is 0 Å². The molecule has 106 valence electrons. The van der Waals surface area contributed by atoms with Crippen molar-refractivity contribution in [1.82, 2.24) is 9.97 Å². The minimum absolute atomic E-state index is 0.123. The lowest BCUT2D eigenvalue weighted by Crippen LogP contribution is -2.10. The number of benzene rings is 1. The van der Waals surface area contributed by atoms with Crippen LogP contribution in [-0.4, -0.2) is 16.5 Å². The Balaban J connectivity index is 2.16.